The minimum absolute atomic E-state index is 0.106. The van der Waals surface area contributed by atoms with Crippen LogP contribution < -0.4 is 0 Å². The number of rotatable bonds is 68. The second kappa shape index (κ2) is 61.3. The first-order chi connectivity index (χ1) is 42.4. The maximum Gasteiger partial charge on any atom is 0.472 e. The molecule has 0 fully saturated rings. The highest BCUT2D eigenvalue weighted by Gasteiger charge is 2.30. The first-order valence-electron chi connectivity index (χ1n) is 36.0. The van der Waals surface area contributed by atoms with E-state index in [4.69, 9.17) is 37.0 Å². The smallest absolute Gasteiger partial charge is 0.462 e. The van der Waals surface area contributed by atoms with Crippen molar-refractivity contribution in [2.75, 3.05) is 39.6 Å². The molecular weight excluding hydrogens is 1160 g/mol. The van der Waals surface area contributed by atoms with Crippen LogP contribution >= 0.6 is 15.6 Å². The molecule has 0 aromatic heterocycles. The molecule has 3 N–H and O–H groups in total. The van der Waals surface area contributed by atoms with Gasteiger partial charge in [-0.25, -0.2) is 9.13 Å². The van der Waals surface area contributed by atoms with Crippen LogP contribution in [0.1, 0.15) is 350 Å². The Labute approximate surface area is 537 Å². The number of unbranched alkanes of at least 4 members (excludes halogenated alkanes) is 38. The first kappa shape index (κ1) is 86.1. The van der Waals surface area contributed by atoms with Gasteiger partial charge in [-0.05, 0) is 37.5 Å². The van der Waals surface area contributed by atoms with Gasteiger partial charge in [0.1, 0.15) is 19.3 Å². The van der Waals surface area contributed by atoms with Crippen molar-refractivity contribution in [3.05, 3.63) is 0 Å². The SMILES string of the molecule is CCCCCCCCCCCCC(=O)O[C@H](COC(=O)CCCCCCCCCCC)COP(=O)(O)OC[C@H](O)COP(=O)(O)OC[C@@H](COC(=O)CCCCCCCCCC(C)C)OC(=O)CCCCCCCCCCCCCCCCCCC(C)C. The number of carbonyl (C=O) groups is 4. The molecule has 0 aromatic rings. The Bertz CT molecular complexity index is 1720. The van der Waals surface area contributed by atoms with Crippen LogP contribution in [0.3, 0.4) is 0 Å². The van der Waals surface area contributed by atoms with E-state index < -0.39 is 97.5 Å². The van der Waals surface area contributed by atoms with E-state index in [2.05, 4.69) is 41.5 Å². The van der Waals surface area contributed by atoms with E-state index in [-0.39, 0.29) is 25.7 Å². The molecule has 0 saturated carbocycles. The van der Waals surface area contributed by atoms with Gasteiger partial charge in [-0.3, -0.25) is 37.3 Å². The van der Waals surface area contributed by atoms with Crippen LogP contribution in [0.2, 0.25) is 0 Å². The molecule has 0 aliphatic rings. The molecule has 17 nitrogen and oxygen atoms in total. The third-order valence-corrected chi connectivity index (χ3v) is 17.9. The molecule has 19 heteroatoms. The monoisotopic (exact) mass is 1300 g/mol. The number of hydrogen-bond donors (Lipinski definition) is 3. The zero-order valence-electron chi connectivity index (χ0n) is 57.0. The molecule has 0 radical (unpaired) electrons. The van der Waals surface area contributed by atoms with Crippen molar-refractivity contribution < 1.29 is 80.2 Å². The second-order valence-electron chi connectivity index (χ2n) is 25.9. The quantitative estimate of drug-likeness (QED) is 0.0222. The molecule has 0 heterocycles. The van der Waals surface area contributed by atoms with E-state index in [1.807, 2.05) is 0 Å². The van der Waals surface area contributed by atoms with Crippen molar-refractivity contribution in [1.29, 1.82) is 0 Å². The highest BCUT2D eigenvalue weighted by molar-refractivity contribution is 7.47. The van der Waals surface area contributed by atoms with Crippen molar-refractivity contribution >= 4 is 39.5 Å². The minimum atomic E-state index is -4.95. The third-order valence-electron chi connectivity index (χ3n) is 16.0. The van der Waals surface area contributed by atoms with Gasteiger partial charge in [-0.1, -0.05) is 298 Å². The summed E-state index contributed by atoms with van der Waals surface area (Å²) >= 11 is 0. The first-order valence-corrected chi connectivity index (χ1v) is 39.0. The van der Waals surface area contributed by atoms with Crippen LogP contribution in [0, 0.1) is 11.8 Å². The number of phosphoric acid groups is 2. The fraction of sp³-hybridized carbons (Fsp3) is 0.942. The maximum absolute atomic E-state index is 13.0. The van der Waals surface area contributed by atoms with Crippen LogP contribution in [0.4, 0.5) is 0 Å². The van der Waals surface area contributed by atoms with E-state index >= 15 is 0 Å². The summed E-state index contributed by atoms with van der Waals surface area (Å²) in [4.78, 5) is 72.3. The Kier molecular flexibility index (Phi) is 59.9. The van der Waals surface area contributed by atoms with Gasteiger partial charge < -0.3 is 33.8 Å². The summed E-state index contributed by atoms with van der Waals surface area (Å²) in [7, 11) is -9.89. The Morgan fingerprint density at radius 2 is 0.523 bits per heavy atom. The summed E-state index contributed by atoms with van der Waals surface area (Å²) < 4.78 is 68.1. The molecule has 0 amide bonds. The van der Waals surface area contributed by atoms with Gasteiger partial charge in [-0.15, -0.1) is 0 Å². The van der Waals surface area contributed by atoms with Crippen LogP contribution in [0.5, 0.6) is 0 Å². The Balaban J connectivity index is 5.17. The lowest BCUT2D eigenvalue weighted by molar-refractivity contribution is -0.161. The van der Waals surface area contributed by atoms with Crippen LogP contribution in [0.15, 0.2) is 0 Å². The molecule has 5 atom stereocenters. The molecule has 2 unspecified atom stereocenters. The molecule has 0 spiro atoms. The Hall–Kier alpha value is -1.94. The van der Waals surface area contributed by atoms with Crippen LogP contribution in [0.25, 0.3) is 0 Å². The van der Waals surface area contributed by atoms with Gasteiger partial charge in [0.2, 0.25) is 0 Å². The third kappa shape index (κ3) is 62.8. The van der Waals surface area contributed by atoms with Gasteiger partial charge >= 0.3 is 39.5 Å². The second-order valence-corrected chi connectivity index (χ2v) is 28.8. The summed E-state index contributed by atoms with van der Waals surface area (Å²) in [6.07, 6.45) is 45.9. The van der Waals surface area contributed by atoms with Gasteiger partial charge in [0.15, 0.2) is 12.2 Å². The minimum Gasteiger partial charge on any atom is -0.462 e. The lowest BCUT2D eigenvalue weighted by Crippen LogP contribution is -2.30. The zero-order chi connectivity index (χ0) is 65.0. The summed E-state index contributed by atoms with van der Waals surface area (Å²) in [6.45, 7) is 9.49. The predicted molar refractivity (Wildman–Crippen MR) is 354 cm³/mol. The summed E-state index contributed by atoms with van der Waals surface area (Å²) in [6, 6.07) is 0. The fourth-order valence-electron chi connectivity index (χ4n) is 10.4. The summed E-state index contributed by atoms with van der Waals surface area (Å²) in [5.41, 5.74) is 0. The number of hydrogen-bond acceptors (Lipinski definition) is 15. The van der Waals surface area contributed by atoms with E-state index in [0.29, 0.717) is 31.6 Å². The average Bonchev–Trinajstić information content (AvgIpc) is 3.53. The molecule has 0 rings (SSSR count). The largest absolute Gasteiger partial charge is 0.472 e. The van der Waals surface area contributed by atoms with Crippen molar-refractivity contribution in [2.45, 2.75) is 368 Å². The van der Waals surface area contributed by atoms with Crippen molar-refractivity contribution in [1.82, 2.24) is 0 Å². The summed E-state index contributed by atoms with van der Waals surface area (Å²) in [5, 5.41) is 10.6. The number of esters is 4. The average molecular weight is 1300 g/mol. The highest BCUT2D eigenvalue weighted by atomic mass is 31.2. The number of aliphatic hydroxyl groups excluding tert-OH is 1. The highest BCUT2D eigenvalue weighted by Crippen LogP contribution is 2.45. The predicted octanol–water partition coefficient (Wildman–Crippen LogP) is 19.6. The molecular formula is C69H134O17P2. The van der Waals surface area contributed by atoms with Gasteiger partial charge in [0.25, 0.3) is 0 Å². The maximum atomic E-state index is 13.0. The van der Waals surface area contributed by atoms with Crippen LogP contribution in [-0.4, -0.2) is 96.7 Å². The molecule has 0 aliphatic carbocycles. The van der Waals surface area contributed by atoms with Crippen LogP contribution in [-0.2, 0) is 65.4 Å². The Morgan fingerprint density at radius 3 is 0.773 bits per heavy atom. The summed E-state index contributed by atoms with van der Waals surface area (Å²) in [5.74, 6) is -0.614. The van der Waals surface area contributed by atoms with Crippen molar-refractivity contribution in [3.8, 4) is 0 Å². The van der Waals surface area contributed by atoms with Gasteiger partial charge in [0, 0.05) is 25.7 Å². The topological polar surface area (TPSA) is 237 Å². The standard InChI is InChI=1S/C69H134O17P2/c1-7-9-11-13-15-17-28-34-41-47-53-68(73)85-64(57-79-66(71)51-45-39-33-26-16-14-12-10-8-2)59-83-87(75,76)81-55-63(70)56-82-88(77,78)84-60-65(58-80-67(72)52-46-40-36-30-32-38-44-50-62(5)6)86-69(74)54-48-42-35-29-25-23-21-19-18-20-22-24-27-31-37-43-49-61(3)4/h61-65,70H,7-60H2,1-6H3,(H,75,76)(H,77,78)/t63-,64+,65+/m0/s1. The molecule has 522 valence electrons. The fourth-order valence-corrected chi connectivity index (χ4v) is 12.0. The van der Waals surface area contributed by atoms with Crippen molar-refractivity contribution in [3.63, 3.8) is 0 Å². The van der Waals surface area contributed by atoms with E-state index in [1.54, 1.807) is 0 Å². The van der Waals surface area contributed by atoms with E-state index in [9.17, 15) is 43.2 Å². The number of carbonyl (C=O) groups excluding carboxylic acids is 4. The molecule has 0 aromatic carbocycles. The number of phosphoric ester groups is 2. The normalized spacial score (nSPS) is 14.2. The molecule has 0 aliphatic heterocycles. The van der Waals surface area contributed by atoms with E-state index in [1.165, 1.54) is 161 Å². The lowest BCUT2D eigenvalue weighted by Gasteiger charge is -2.21. The number of ether oxygens (including phenoxy) is 4. The molecule has 88 heavy (non-hydrogen) atoms. The molecule has 0 bridgehead atoms. The Morgan fingerprint density at radius 1 is 0.307 bits per heavy atom. The van der Waals surface area contributed by atoms with E-state index in [0.717, 1.165) is 102 Å². The van der Waals surface area contributed by atoms with Gasteiger partial charge in [0.05, 0.1) is 26.4 Å². The zero-order valence-corrected chi connectivity index (χ0v) is 58.8. The lowest BCUT2D eigenvalue weighted by atomic mass is 10.0. The number of aliphatic hydroxyl groups is 1. The molecule has 0 saturated heterocycles. The van der Waals surface area contributed by atoms with Crippen molar-refractivity contribution in [2.24, 2.45) is 11.8 Å². The van der Waals surface area contributed by atoms with Gasteiger partial charge in [-0.2, -0.15) is 0 Å².